The maximum absolute atomic E-state index is 11.5. The van der Waals surface area contributed by atoms with Crippen LogP contribution in [-0.4, -0.2) is 34.2 Å². The first-order chi connectivity index (χ1) is 7.27. The van der Waals surface area contributed by atoms with Gasteiger partial charge in [-0.25, -0.2) is 0 Å². The Morgan fingerprint density at radius 1 is 1.44 bits per heavy atom. The average Bonchev–Trinajstić information content (AvgIpc) is 2.15. The third-order valence-electron chi connectivity index (χ3n) is 2.49. The van der Waals surface area contributed by atoms with Gasteiger partial charge in [-0.15, -0.1) is 0 Å². The van der Waals surface area contributed by atoms with Crippen molar-refractivity contribution < 1.29 is 9.00 Å². The molecule has 0 rings (SSSR count). The molecule has 0 fully saturated rings. The lowest BCUT2D eigenvalue weighted by atomic mass is 9.85. The first-order valence-corrected chi connectivity index (χ1v) is 7.13. The van der Waals surface area contributed by atoms with Gasteiger partial charge in [0.1, 0.15) is 0 Å². The minimum atomic E-state index is -0.819. The van der Waals surface area contributed by atoms with Crippen molar-refractivity contribution in [3.8, 4) is 0 Å². The second-order valence-electron chi connectivity index (χ2n) is 4.96. The topological polar surface area (TPSA) is 72.2 Å². The molecule has 0 bridgehead atoms. The summed E-state index contributed by atoms with van der Waals surface area (Å²) in [6.07, 6.45) is 0.322. The van der Waals surface area contributed by atoms with Crippen LogP contribution < -0.4 is 11.1 Å². The van der Waals surface area contributed by atoms with Crippen LogP contribution in [0, 0.1) is 5.41 Å². The second kappa shape index (κ2) is 7.01. The summed E-state index contributed by atoms with van der Waals surface area (Å²) in [5.74, 6) is 1.10. The van der Waals surface area contributed by atoms with E-state index in [0.29, 0.717) is 24.5 Å². The van der Waals surface area contributed by atoms with Crippen molar-refractivity contribution in [1.82, 2.24) is 5.32 Å². The minimum Gasteiger partial charge on any atom is -0.355 e. The van der Waals surface area contributed by atoms with Crippen LogP contribution in [0.1, 0.15) is 34.1 Å². The lowest BCUT2D eigenvalue weighted by Crippen LogP contribution is -2.40. The summed E-state index contributed by atoms with van der Waals surface area (Å²) >= 11 is 0. The molecule has 0 saturated carbocycles. The van der Waals surface area contributed by atoms with E-state index in [1.165, 1.54) is 0 Å². The zero-order chi connectivity index (χ0) is 12.8. The molecule has 4 nitrogen and oxygen atoms in total. The highest BCUT2D eigenvalue weighted by Crippen LogP contribution is 2.19. The Labute approximate surface area is 101 Å². The van der Waals surface area contributed by atoms with Crippen LogP contribution in [0.15, 0.2) is 0 Å². The van der Waals surface area contributed by atoms with Crippen LogP contribution in [0.4, 0.5) is 0 Å². The lowest BCUT2D eigenvalue weighted by molar-refractivity contribution is -0.121. The fraction of sp³-hybridized carbons (Fsp3) is 0.909. The number of nitrogens with one attached hydrogen (secondary N) is 1. The van der Waals surface area contributed by atoms with Gasteiger partial charge < -0.3 is 11.1 Å². The van der Waals surface area contributed by atoms with Crippen LogP contribution >= 0.6 is 0 Å². The third-order valence-corrected chi connectivity index (χ3v) is 3.79. The molecule has 0 aromatic heterocycles. The van der Waals surface area contributed by atoms with E-state index < -0.39 is 10.8 Å². The van der Waals surface area contributed by atoms with Gasteiger partial charge in [-0.2, -0.15) is 0 Å². The molecule has 0 aliphatic carbocycles. The highest BCUT2D eigenvalue weighted by Gasteiger charge is 2.22. The van der Waals surface area contributed by atoms with Crippen molar-refractivity contribution in [1.29, 1.82) is 0 Å². The number of carbonyl (C=O) groups excluding carboxylic acids is 1. The standard InChI is InChI=1S/C11H24N2O2S/c1-5-16(15)7-6-13-10(14)8-9(12)11(2,3)4/h9H,5-8,12H2,1-4H3,(H,13,14). The Morgan fingerprint density at radius 3 is 2.44 bits per heavy atom. The average molecular weight is 248 g/mol. The Kier molecular flexibility index (Phi) is 6.83. The molecule has 0 radical (unpaired) electrons. The Morgan fingerprint density at radius 2 is 2.00 bits per heavy atom. The number of hydrogen-bond donors (Lipinski definition) is 2. The summed E-state index contributed by atoms with van der Waals surface area (Å²) < 4.78 is 11.1. The molecule has 0 aliphatic heterocycles. The van der Waals surface area contributed by atoms with Crippen LogP contribution in [-0.2, 0) is 15.6 Å². The van der Waals surface area contributed by atoms with Crippen LogP contribution in [0.3, 0.4) is 0 Å². The van der Waals surface area contributed by atoms with Crippen LogP contribution in [0.5, 0.6) is 0 Å². The van der Waals surface area contributed by atoms with Gasteiger partial charge in [0.2, 0.25) is 5.91 Å². The summed E-state index contributed by atoms with van der Waals surface area (Å²) in [4.78, 5) is 11.5. The predicted molar refractivity (Wildman–Crippen MR) is 68.6 cm³/mol. The Hall–Kier alpha value is -0.420. The van der Waals surface area contributed by atoms with Gasteiger partial charge in [0.25, 0.3) is 0 Å². The van der Waals surface area contributed by atoms with E-state index in [-0.39, 0.29) is 17.4 Å². The van der Waals surface area contributed by atoms with Crippen LogP contribution in [0.2, 0.25) is 0 Å². The van der Waals surface area contributed by atoms with Gasteiger partial charge in [0, 0.05) is 41.3 Å². The number of nitrogens with two attached hydrogens (primary N) is 1. The van der Waals surface area contributed by atoms with Gasteiger partial charge in [-0.05, 0) is 5.41 Å². The Bertz CT molecular complexity index is 249. The molecule has 96 valence electrons. The van der Waals surface area contributed by atoms with E-state index >= 15 is 0 Å². The zero-order valence-corrected chi connectivity index (χ0v) is 11.5. The normalized spacial score (nSPS) is 15.6. The minimum absolute atomic E-state index is 0.0597. The molecule has 3 N–H and O–H groups in total. The number of hydrogen-bond acceptors (Lipinski definition) is 3. The van der Waals surface area contributed by atoms with Crippen molar-refractivity contribution in [3.63, 3.8) is 0 Å². The van der Waals surface area contributed by atoms with E-state index in [4.69, 9.17) is 5.73 Å². The van der Waals surface area contributed by atoms with E-state index in [9.17, 15) is 9.00 Å². The van der Waals surface area contributed by atoms with Gasteiger partial charge in [-0.1, -0.05) is 27.7 Å². The first kappa shape index (κ1) is 15.6. The maximum Gasteiger partial charge on any atom is 0.221 e. The van der Waals surface area contributed by atoms with E-state index in [1.807, 2.05) is 27.7 Å². The fourth-order valence-corrected chi connectivity index (χ4v) is 1.65. The predicted octanol–water partition coefficient (Wildman–Crippen LogP) is 0.635. The third kappa shape index (κ3) is 6.95. The smallest absolute Gasteiger partial charge is 0.221 e. The van der Waals surface area contributed by atoms with Crippen molar-refractivity contribution in [3.05, 3.63) is 0 Å². The number of amides is 1. The summed E-state index contributed by atoms with van der Waals surface area (Å²) in [7, 11) is -0.819. The van der Waals surface area contributed by atoms with Gasteiger partial charge in [0.05, 0.1) is 0 Å². The highest BCUT2D eigenvalue weighted by molar-refractivity contribution is 7.84. The van der Waals surface area contributed by atoms with Crippen molar-refractivity contribution in [2.45, 2.75) is 40.2 Å². The van der Waals surface area contributed by atoms with Gasteiger partial charge in [0.15, 0.2) is 0 Å². The van der Waals surface area contributed by atoms with E-state index in [1.54, 1.807) is 0 Å². The summed E-state index contributed by atoms with van der Waals surface area (Å²) in [5, 5.41) is 2.74. The Balaban J connectivity index is 3.79. The highest BCUT2D eigenvalue weighted by atomic mass is 32.2. The summed E-state index contributed by atoms with van der Waals surface area (Å²) in [5.41, 5.74) is 5.82. The van der Waals surface area contributed by atoms with Gasteiger partial charge >= 0.3 is 0 Å². The molecule has 0 spiro atoms. The molecule has 0 aromatic carbocycles. The van der Waals surface area contributed by atoms with E-state index in [0.717, 1.165) is 0 Å². The number of rotatable bonds is 6. The molecular formula is C11H24N2O2S. The monoisotopic (exact) mass is 248 g/mol. The lowest BCUT2D eigenvalue weighted by Gasteiger charge is -2.26. The second-order valence-corrected chi connectivity index (χ2v) is 6.82. The fourth-order valence-electron chi connectivity index (χ4n) is 1.03. The molecule has 0 aliphatic rings. The summed E-state index contributed by atoms with van der Waals surface area (Å²) in [6, 6.07) is -0.149. The largest absolute Gasteiger partial charge is 0.355 e. The quantitative estimate of drug-likeness (QED) is 0.724. The molecule has 1 amide bonds. The summed E-state index contributed by atoms with van der Waals surface area (Å²) in [6.45, 7) is 8.37. The van der Waals surface area contributed by atoms with Crippen molar-refractivity contribution in [2.24, 2.45) is 11.1 Å². The van der Waals surface area contributed by atoms with Crippen molar-refractivity contribution in [2.75, 3.05) is 18.1 Å². The molecular weight excluding hydrogens is 224 g/mol. The molecule has 0 saturated heterocycles. The molecule has 0 heterocycles. The zero-order valence-electron chi connectivity index (χ0n) is 10.7. The maximum atomic E-state index is 11.5. The molecule has 0 aromatic rings. The SMILES string of the molecule is CCS(=O)CCNC(=O)CC(N)C(C)(C)C. The molecule has 2 atom stereocenters. The first-order valence-electron chi connectivity index (χ1n) is 5.64. The molecule has 16 heavy (non-hydrogen) atoms. The van der Waals surface area contributed by atoms with Crippen LogP contribution in [0.25, 0.3) is 0 Å². The van der Waals surface area contributed by atoms with Crippen molar-refractivity contribution >= 4 is 16.7 Å². The number of carbonyl (C=O) groups is 1. The molecule has 5 heteroatoms. The molecule has 2 unspecified atom stereocenters. The van der Waals surface area contributed by atoms with E-state index in [2.05, 4.69) is 5.32 Å². The van der Waals surface area contributed by atoms with Gasteiger partial charge in [-0.3, -0.25) is 9.00 Å².